The molecule has 0 aliphatic carbocycles. The molecule has 1 amide bonds. The van der Waals surface area contributed by atoms with Gasteiger partial charge in [-0.3, -0.25) is 4.79 Å². The Morgan fingerprint density at radius 1 is 0.929 bits per heavy atom. The summed E-state index contributed by atoms with van der Waals surface area (Å²) in [5, 5.41) is 6.13. The smallest absolute Gasteiger partial charge is 0.288 e. The van der Waals surface area contributed by atoms with Crippen molar-refractivity contribution in [1.82, 2.24) is 10.4 Å². The molecule has 0 atom stereocenters. The molecule has 0 radical (unpaired) electrons. The minimum absolute atomic E-state index is 0.351. The molecule has 0 bridgehead atoms. The normalized spacial score (nSPS) is 11.2. The lowest BCUT2D eigenvalue weighted by Gasteiger charge is -2.04. The summed E-state index contributed by atoms with van der Waals surface area (Å²) in [5.74, 6) is -0.351. The average molecular weight is 408 g/mol. The molecule has 28 heavy (non-hydrogen) atoms. The largest absolute Gasteiger partial charge is 0.349 e. The molecule has 0 aliphatic rings. The topological polar surface area (TPSA) is 57.2 Å². The number of aromatic nitrogens is 1. The SMILES string of the molecule is O=C(N/N=C\c1ccc(Cl)cc1)c1[nH]c2c(Cl)cccc2c1-c1ccccc1. The Morgan fingerprint density at radius 2 is 1.68 bits per heavy atom. The van der Waals surface area contributed by atoms with Crippen molar-refractivity contribution >= 4 is 46.2 Å². The number of rotatable bonds is 4. The number of halogens is 2. The molecule has 6 heteroatoms. The highest BCUT2D eigenvalue weighted by Gasteiger charge is 2.20. The van der Waals surface area contributed by atoms with Crippen molar-refractivity contribution in [1.29, 1.82) is 0 Å². The Bertz CT molecular complexity index is 1170. The number of aromatic amines is 1. The Morgan fingerprint density at radius 3 is 2.43 bits per heavy atom. The summed E-state index contributed by atoms with van der Waals surface area (Å²) in [5.41, 5.74) is 6.23. The molecule has 4 rings (SSSR count). The number of hydrogen-bond donors (Lipinski definition) is 2. The molecule has 0 unspecified atom stereocenters. The fourth-order valence-corrected chi connectivity index (χ4v) is 3.37. The fourth-order valence-electron chi connectivity index (χ4n) is 3.03. The number of amides is 1. The lowest BCUT2D eigenvalue weighted by Crippen LogP contribution is -2.18. The number of carbonyl (C=O) groups excluding carboxylic acids is 1. The summed E-state index contributed by atoms with van der Waals surface area (Å²) in [6.45, 7) is 0. The second-order valence-electron chi connectivity index (χ2n) is 6.15. The predicted molar refractivity (Wildman–Crippen MR) is 115 cm³/mol. The zero-order chi connectivity index (χ0) is 19.5. The second-order valence-corrected chi connectivity index (χ2v) is 7.00. The second kappa shape index (κ2) is 7.89. The molecule has 4 nitrogen and oxygen atoms in total. The van der Waals surface area contributed by atoms with E-state index in [0.29, 0.717) is 15.7 Å². The molecular formula is C22H15Cl2N3O. The molecule has 0 fully saturated rings. The molecule has 4 aromatic rings. The summed E-state index contributed by atoms with van der Waals surface area (Å²) in [7, 11) is 0. The molecule has 3 aromatic carbocycles. The van der Waals surface area contributed by atoms with Crippen LogP contribution in [0.3, 0.4) is 0 Å². The first-order valence-corrected chi connectivity index (χ1v) is 9.33. The van der Waals surface area contributed by atoms with Gasteiger partial charge in [-0.15, -0.1) is 0 Å². The Kier molecular flexibility index (Phi) is 5.15. The van der Waals surface area contributed by atoms with Gasteiger partial charge in [0.15, 0.2) is 0 Å². The number of hydrogen-bond acceptors (Lipinski definition) is 2. The Labute approximate surface area is 171 Å². The molecular weight excluding hydrogens is 393 g/mol. The minimum atomic E-state index is -0.351. The van der Waals surface area contributed by atoms with Crippen LogP contribution in [-0.2, 0) is 0 Å². The quantitative estimate of drug-likeness (QED) is 0.320. The minimum Gasteiger partial charge on any atom is -0.349 e. The van der Waals surface area contributed by atoms with Crippen molar-refractivity contribution in [2.24, 2.45) is 5.10 Å². The van der Waals surface area contributed by atoms with E-state index in [1.54, 1.807) is 24.4 Å². The van der Waals surface area contributed by atoms with Gasteiger partial charge in [0.05, 0.1) is 16.8 Å². The molecule has 0 aliphatic heterocycles. The van der Waals surface area contributed by atoms with Crippen molar-refractivity contribution in [2.45, 2.75) is 0 Å². The van der Waals surface area contributed by atoms with E-state index in [1.165, 1.54) is 0 Å². The maximum Gasteiger partial charge on any atom is 0.288 e. The molecule has 2 N–H and O–H groups in total. The van der Waals surface area contributed by atoms with Crippen molar-refractivity contribution in [2.75, 3.05) is 0 Å². The van der Waals surface area contributed by atoms with E-state index in [1.807, 2.05) is 54.6 Å². The van der Waals surface area contributed by atoms with Crippen LogP contribution in [0, 0.1) is 0 Å². The van der Waals surface area contributed by atoms with E-state index < -0.39 is 0 Å². The third kappa shape index (κ3) is 3.65. The van der Waals surface area contributed by atoms with Gasteiger partial charge in [0.25, 0.3) is 5.91 Å². The van der Waals surface area contributed by atoms with Crippen molar-refractivity contribution in [3.8, 4) is 11.1 Å². The van der Waals surface area contributed by atoms with Gasteiger partial charge < -0.3 is 4.98 Å². The van der Waals surface area contributed by atoms with Crippen LogP contribution in [0.15, 0.2) is 77.9 Å². The summed E-state index contributed by atoms with van der Waals surface area (Å²) >= 11 is 12.2. The van der Waals surface area contributed by atoms with Gasteiger partial charge in [0, 0.05) is 16.0 Å². The third-order valence-corrected chi connectivity index (χ3v) is 4.89. The average Bonchev–Trinajstić information content (AvgIpc) is 3.11. The highest BCUT2D eigenvalue weighted by Crippen LogP contribution is 2.35. The number of fused-ring (bicyclic) bond motifs is 1. The standard InChI is InChI=1S/C22H15Cl2N3O/c23-16-11-9-14(10-12-16)13-25-27-22(28)21-19(15-5-2-1-3-6-15)17-7-4-8-18(24)20(17)26-21/h1-13,26H,(H,27,28)/b25-13-. The van der Waals surface area contributed by atoms with Crippen LogP contribution in [0.1, 0.15) is 16.1 Å². The maximum absolute atomic E-state index is 12.8. The van der Waals surface area contributed by atoms with Crippen molar-refractivity contribution in [3.05, 3.63) is 94.1 Å². The number of benzene rings is 3. The van der Waals surface area contributed by atoms with Gasteiger partial charge in [-0.05, 0) is 29.3 Å². The maximum atomic E-state index is 12.8. The zero-order valence-corrected chi connectivity index (χ0v) is 16.1. The van der Waals surface area contributed by atoms with E-state index in [2.05, 4.69) is 15.5 Å². The summed E-state index contributed by atoms with van der Waals surface area (Å²) in [6, 6.07) is 22.4. The molecule has 0 saturated heterocycles. The molecule has 0 spiro atoms. The first-order valence-electron chi connectivity index (χ1n) is 8.58. The van der Waals surface area contributed by atoms with E-state index in [0.717, 1.165) is 27.6 Å². The third-order valence-electron chi connectivity index (χ3n) is 4.32. The van der Waals surface area contributed by atoms with Crippen molar-refractivity contribution in [3.63, 3.8) is 0 Å². The van der Waals surface area contributed by atoms with Crippen LogP contribution >= 0.6 is 23.2 Å². The van der Waals surface area contributed by atoms with E-state index in [9.17, 15) is 4.79 Å². The predicted octanol–water partition coefficient (Wildman–Crippen LogP) is 5.91. The molecule has 0 saturated carbocycles. The number of para-hydroxylation sites is 1. The van der Waals surface area contributed by atoms with Gasteiger partial charge in [0.1, 0.15) is 5.69 Å². The van der Waals surface area contributed by atoms with Crippen LogP contribution in [0.5, 0.6) is 0 Å². The summed E-state index contributed by atoms with van der Waals surface area (Å²) < 4.78 is 0. The van der Waals surface area contributed by atoms with E-state index >= 15 is 0 Å². The zero-order valence-electron chi connectivity index (χ0n) is 14.6. The Hall–Kier alpha value is -3.08. The van der Waals surface area contributed by atoms with Crippen LogP contribution in [-0.4, -0.2) is 17.1 Å². The lowest BCUT2D eigenvalue weighted by atomic mass is 10.0. The van der Waals surface area contributed by atoms with Crippen LogP contribution < -0.4 is 5.43 Å². The number of nitrogens with zero attached hydrogens (tertiary/aromatic N) is 1. The van der Waals surface area contributed by atoms with E-state index in [4.69, 9.17) is 23.2 Å². The highest BCUT2D eigenvalue weighted by atomic mass is 35.5. The van der Waals surface area contributed by atoms with Gasteiger partial charge >= 0.3 is 0 Å². The van der Waals surface area contributed by atoms with Crippen molar-refractivity contribution < 1.29 is 4.79 Å². The molecule has 1 heterocycles. The number of nitrogens with one attached hydrogen (secondary N) is 2. The van der Waals surface area contributed by atoms with Crippen LogP contribution in [0.2, 0.25) is 10.0 Å². The first kappa shape index (κ1) is 18.3. The number of H-pyrrole nitrogens is 1. The van der Waals surface area contributed by atoms with Gasteiger partial charge in [-0.2, -0.15) is 5.10 Å². The fraction of sp³-hybridized carbons (Fsp3) is 0. The van der Waals surface area contributed by atoms with Gasteiger partial charge in [0.2, 0.25) is 0 Å². The van der Waals surface area contributed by atoms with Gasteiger partial charge in [-0.1, -0.05) is 77.8 Å². The van der Waals surface area contributed by atoms with Crippen LogP contribution in [0.4, 0.5) is 0 Å². The van der Waals surface area contributed by atoms with E-state index in [-0.39, 0.29) is 5.91 Å². The lowest BCUT2D eigenvalue weighted by molar-refractivity contribution is 0.0951. The molecule has 138 valence electrons. The Balaban J connectivity index is 1.70. The number of hydrazone groups is 1. The van der Waals surface area contributed by atoms with Crippen LogP contribution in [0.25, 0.3) is 22.0 Å². The molecule has 1 aromatic heterocycles. The summed E-state index contributed by atoms with van der Waals surface area (Å²) in [6.07, 6.45) is 1.56. The monoisotopic (exact) mass is 407 g/mol. The van der Waals surface area contributed by atoms with Gasteiger partial charge in [-0.25, -0.2) is 5.43 Å². The first-order chi connectivity index (χ1) is 13.6. The summed E-state index contributed by atoms with van der Waals surface area (Å²) in [4.78, 5) is 16.0. The highest BCUT2D eigenvalue weighted by molar-refractivity contribution is 6.36. The number of carbonyl (C=O) groups is 1.